The van der Waals surface area contributed by atoms with E-state index in [1.807, 2.05) is 0 Å². The number of rotatable bonds is 18. The summed E-state index contributed by atoms with van der Waals surface area (Å²) in [4.78, 5) is 69.3. The van der Waals surface area contributed by atoms with Crippen LogP contribution in [0.15, 0.2) is 58.4 Å². The van der Waals surface area contributed by atoms with E-state index in [1.54, 1.807) is 51.1 Å². The van der Waals surface area contributed by atoms with Gasteiger partial charge in [-0.1, -0.05) is 51.1 Å². The fourth-order valence-corrected chi connectivity index (χ4v) is 12.0. The Balaban J connectivity index is 0.875. The SMILES string of the molecule is CO[C@H]1/C=C/O[C@@]2(C)Oc3c(C)c(O)c4c(O)c(c(/C=N/N5CCC(NCOCCOCCn6cc(CC(=O)OCC7OC(n8cc(F)c(N)nc8=O)CS7)nn6)CC5)c(O)c4c3C2=O)NC(=O)/C(C)=C\C=C\[C@H](C)[C@H](O)[C@@H](C)[C@@H](O)[C@@H](C)[C@H](OC(C)=O)[C@@H]1C. The van der Waals surface area contributed by atoms with Crippen LogP contribution >= 0.6 is 11.8 Å². The first-order valence-corrected chi connectivity index (χ1v) is 30.5. The number of Topliss-reactive ketones (excluding diaryl/α,β-unsaturated/α-hetero) is 1. The molecule has 2 saturated heterocycles. The number of hydrogen-bond acceptors (Lipinski definition) is 26. The summed E-state index contributed by atoms with van der Waals surface area (Å²) < 4.78 is 62.8. The van der Waals surface area contributed by atoms with Crippen molar-refractivity contribution in [1.29, 1.82) is 0 Å². The molecule has 28 nitrogen and oxygen atoms in total. The molecular formula is C60H79FN10O18S. The first kappa shape index (κ1) is 68.2. The molecule has 90 heavy (non-hydrogen) atoms. The average molecular weight is 1280 g/mol. The van der Waals surface area contributed by atoms with E-state index in [4.69, 9.17) is 43.6 Å². The van der Waals surface area contributed by atoms with Crippen LogP contribution in [0.3, 0.4) is 0 Å². The highest BCUT2D eigenvalue weighted by molar-refractivity contribution is 8.00. The fraction of sp³-hybridized carbons (Fsp3) is 0.550. The molecule has 0 aliphatic carbocycles. The van der Waals surface area contributed by atoms with Crippen molar-refractivity contribution in [1.82, 2.24) is 34.9 Å². The molecule has 490 valence electrons. The smallest absolute Gasteiger partial charge is 0.351 e. The van der Waals surface area contributed by atoms with Crippen LogP contribution < -0.4 is 26.8 Å². The number of hydrazone groups is 1. The van der Waals surface area contributed by atoms with E-state index in [2.05, 4.69) is 31.0 Å². The van der Waals surface area contributed by atoms with Crippen molar-refractivity contribution in [2.24, 2.45) is 28.8 Å². The normalized spacial score (nSPS) is 27.6. The fourth-order valence-electron chi connectivity index (χ4n) is 11.1. The summed E-state index contributed by atoms with van der Waals surface area (Å²) in [6.07, 6.45) is 7.40. The zero-order valence-corrected chi connectivity index (χ0v) is 52.3. The van der Waals surface area contributed by atoms with E-state index in [-0.39, 0.29) is 90.1 Å². The van der Waals surface area contributed by atoms with Gasteiger partial charge in [-0.15, -0.1) is 16.9 Å². The van der Waals surface area contributed by atoms with Gasteiger partial charge in [-0.2, -0.15) is 10.1 Å². The monoisotopic (exact) mass is 1280 g/mol. The van der Waals surface area contributed by atoms with Crippen LogP contribution in [0.4, 0.5) is 15.9 Å². The molecule has 5 bridgehead atoms. The molecule has 0 radical (unpaired) electrons. The van der Waals surface area contributed by atoms with Gasteiger partial charge in [-0.3, -0.25) is 34.1 Å². The second kappa shape index (κ2) is 29.9. The van der Waals surface area contributed by atoms with Crippen molar-refractivity contribution in [2.75, 3.05) is 70.2 Å². The van der Waals surface area contributed by atoms with Crippen LogP contribution in [-0.2, 0) is 60.5 Å². The minimum atomic E-state index is -2.11. The van der Waals surface area contributed by atoms with E-state index in [9.17, 15) is 53.9 Å². The maximum Gasteiger partial charge on any atom is 0.351 e. The second-order valence-corrected chi connectivity index (χ2v) is 24.0. The zero-order chi connectivity index (χ0) is 65.3. The quantitative estimate of drug-likeness (QED) is 0.0174. The highest BCUT2D eigenvalue weighted by atomic mass is 32.2. The van der Waals surface area contributed by atoms with Gasteiger partial charge in [0.2, 0.25) is 0 Å². The number of hydrogen-bond donors (Lipinski definition) is 8. The molecule has 11 atom stereocenters. The Kier molecular flexibility index (Phi) is 22.7. The number of benzene rings is 2. The molecular weight excluding hydrogens is 1200 g/mol. The van der Waals surface area contributed by atoms with Crippen molar-refractivity contribution >= 4 is 63.9 Å². The van der Waals surface area contributed by atoms with E-state index in [0.29, 0.717) is 43.9 Å². The Morgan fingerprint density at radius 2 is 1.71 bits per heavy atom. The van der Waals surface area contributed by atoms with E-state index >= 15 is 0 Å². The van der Waals surface area contributed by atoms with Crippen molar-refractivity contribution in [3.05, 3.63) is 87.2 Å². The highest BCUT2D eigenvalue weighted by Crippen LogP contribution is 2.55. The Bertz CT molecular complexity index is 3460. The number of aliphatic hydroxyl groups excluding tert-OH is 2. The molecule has 2 unspecified atom stereocenters. The number of nitrogens with two attached hydrogens (primary N) is 1. The number of methoxy groups -OCH3 is 1. The number of nitrogen functional groups attached to an aromatic ring is 1. The van der Waals surface area contributed by atoms with E-state index in [0.717, 1.165) is 10.8 Å². The number of allylic oxidation sites excluding steroid dienone is 2. The number of aromatic hydroxyl groups is 3. The number of piperidine rings is 1. The van der Waals surface area contributed by atoms with Crippen molar-refractivity contribution in [3.63, 3.8) is 0 Å². The topological polar surface area (TPSA) is 375 Å². The molecule has 5 aliphatic rings. The first-order chi connectivity index (χ1) is 42.8. The molecule has 30 heteroatoms. The first-order valence-electron chi connectivity index (χ1n) is 29.4. The number of aromatic nitrogens is 5. The lowest BCUT2D eigenvalue weighted by Gasteiger charge is -2.38. The van der Waals surface area contributed by atoms with Crippen LogP contribution in [0.5, 0.6) is 23.0 Å². The van der Waals surface area contributed by atoms with Gasteiger partial charge in [0.15, 0.2) is 17.4 Å². The summed E-state index contributed by atoms with van der Waals surface area (Å²) in [6.45, 7) is 14.6. The molecule has 1 amide bonds. The number of ketones is 1. The van der Waals surface area contributed by atoms with Crippen molar-refractivity contribution in [2.45, 2.75) is 129 Å². The van der Waals surface area contributed by atoms with Gasteiger partial charge in [-0.05, 0) is 32.8 Å². The average Bonchev–Trinajstić information content (AvgIpc) is 1.45. The Hall–Kier alpha value is -7.71. The summed E-state index contributed by atoms with van der Waals surface area (Å²) in [7, 11) is 1.42. The van der Waals surface area contributed by atoms with E-state index < -0.39 is 124 Å². The lowest BCUT2D eigenvalue weighted by molar-refractivity contribution is -0.160. The van der Waals surface area contributed by atoms with Gasteiger partial charge in [-0.25, -0.2) is 13.9 Å². The number of halogens is 1. The Morgan fingerprint density at radius 1 is 0.978 bits per heavy atom. The molecule has 5 aliphatic heterocycles. The van der Waals surface area contributed by atoms with Crippen LogP contribution in [0, 0.1) is 36.4 Å². The number of carbonyl (C=O) groups excluding carboxylic acids is 4. The Labute approximate surface area is 522 Å². The van der Waals surface area contributed by atoms with Crippen LogP contribution in [-0.4, -0.2) is 186 Å². The summed E-state index contributed by atoms with van der Waals surface area (Å²) >= 11 is 1.29. The third-order valence-electron chi connectivity index (χ3n) is 16.4. The summed E-state index contributed by atoms with van der Waals surface area (Å²) in [5.41, 5.74) is 3.79. The highest BCUT2D eigenvalue weighted by Gasteiger charge is 2.50. The zero-order valence-electron chi connectivity index (χ0n) is 51.5. The van der Waals surface area contributed by atoms with Gasteiger partial charge >= 0.3 is 23.4 Å². The number of thioether (sulfide) groups is 1. The summed E-state index contributed by atoms with van der Waals surface area (Å²) in [5.74, 6) is -10.5. The number of ether oxygens (including phenoxy) is 8. The number of esters is 2. The molecule has 2 aromatic heterocycles. The number of aliphatic hydroxyl groups is 2. The van der Waals surface area contributed by atoms with E-state index in [1.165, 1.54) is 75.9 Å². The van der Waals surface area contributed by atoms with Crippen LogP contribution in [0.1, 0.15) is 94.7 Å². The minimum Gasteiger partial charge on any atom is -0.507 e. The number of fused-ring (bicyclic) bond motifs is 14. The van der Waals surface area contributed by atoms with Crippen molar-refractivity contribution in [3.8, 4) is 23.0 Å². The number of anilines is 2. The third kappa shape index (κ3) is 15.7. The molecule has 2 aromatic carbocycles. The predicted molar refractivity (Wildman–Crippen MR) is 325 cm³/mol. The maximum atomic E-state index is 14.7. The molecule has 2 fully saturated rings. The van der Waals surface area contributed by atoms with Gasteiger partial charge < -0.3 is 74.5 Å². The third-order valence-corrected chi connectivity index (χ3v) is 17.5. The number of amides is 1. The number of phenols is 3. The largest absolute Gasteiger partial charge is 0.507 e. The van der Waals surface area contributed by atoms with Crippen LogP contribution in [0.25, 0.3) is 10.8 Å². The molecule has 9 rings (SSSR count). The number of nitrogens with one attached hydrogen (secondary N) is 2. The number of carbonyl (C=O) groups is 4. The van der Waals surface area contributed by atoms with Gasteiger partial charge in [0.1, 0.15) is 41.6 Å². The summed E-state index contributed by atoms with van der Waals surface area (Å²) in [6, 6.07) is 0.0436. The van der Waals surface area contributed by atoms with Gasteiger partial charge in [0.25, 0.3) is 11.7 Å². The Morgan fingerprint density at radius 3 is 2.43 bits per heavy atom. The van der Waals surface area contributed by atoms with Gasteiger partial charge in [0.05, 0.1) is 104 Å². The molecule has 0 saturated carbocycles. The predicted octanol–water partition coefficient (Wildman–Crippen LogP) is 4.08. The lowest BCUT2D eigenvalue weighted by atomic mass is 9.78. The molecule has 9 N–H and O–H groups in total. The second-order valence-electron chi connectivity index (χ2n) is 22.8. The van der Waals surface area contributed by atoms with Gasteiger partial charge in [0, 0.05) is 92.2 Å². The number of phenolic OH excluding ortho intramolecular Hbond substituents is 3. The number of nitrogens with zero attached hydrogens (tertiary/aromatic N) is 7. The van der Waals surface area contributed by atoms with Crippen LogP contribution in [0.2, 0.25) is 0 Å². The molecule has 0 spiro atoms. The minimum absolute atomic E-state index is 0.0144. The lowest BCUT2D eigenvalue weighted by Crippen LogP contribution is -2.46. The molecule has 7 heterocycles. The standard InChI is InChI=1S/C60H79FN10O18S/c1-30-11-10-12-31(2)58(80)65-48-39(52(77)45-46(53(48)78)51(76)35(6)55-47(45)56(79)60(8,89-55)86-19-15-41(82-9)32(3)54(87-36(7)72)34(5)50(75)33(4)49(30)74)24-64-69-16-13-37(14-17-69)63-29-84-22-21-83-20-18-70-25-38(67-68-70)23-43(73)85-27-44-88-42(28-90-44)71-26-40(61)57(62)66-59(71)81/h10-12,15,19,24-26,30,32-34,37,41-42,44,49-50,54,63,74-78H,13-14,16-18,20-23,27-29H2,1-9H3,(H,65,80)(H2,62,66,81)/b11-10+,19-15+,31-12-,64-24+/t30-,32+,33+,34+,41-,42?,44?,49-,50+,54+,60-/m0/s1. The molecule has 4 aromatic rings. The maximum absolute atomic E-state index is 14.7. The summed E-state index contributed by atoms with van der Waals surface area (Å²) in [5, 5.41) is 79.3. The van der Waals surface area contributed by atoms with Crippen molar-refractivity contribution < 1.29 is 87.0 Å².